The minimum absolute atomic E-state index is 0.0872. The molecule has 0 amide bonds. The van der Waals surface area contributed by atoms with E-state index in [4.69, 9.17) is 4.74 Å². The van der Waals surface area contributed by atoms with Gasteiger partial charge in [-0.1, -0.05) is 48.5 Å². The summed E-state index contributed by atoms with van der Waals surface area (Å²) in [6.45, 7) is 0.815. The van der Waals surface area contributed by atoms with E-state index in [1.165, 1.54) is 6.42 Å². The molecule has 24 heavy (non-hydrogen) atoms. The van der Waals surface area contributed by atoms with E-state index in [1.807, 2.05) is 42.5 Å². The standard InChI is InChI=1S/C21H21NO2/c23-20(16-8-2-1-3-9-16)14-17-15-22(21-12-6-7-13-24-21)19-11-5-4-10-18(17)19/h1-5,8-11,15,21H,6-7,12-14H2. The largest absolute Gasteiger partial charge is 0.358 e. The molecule has 2 heterocycles. The van der Waals surface area contributed by atoms with Crippen LogP contribution in [0.4, 0.5) is 0 Å². The van der Waals surface area contributed by atoms with Crippen molar-refractivity contribution in [2.45, 2.75) is 31.9 Å². The van der Waals surface area contributed by atoms with Gasteiger partial charge in [-0.2, -0.15) is 0 Å². The molecule has 1 aliphatic heterocycles. The van der Waals surface area contributed by atoms with E-state index in [1.54, 1.807) is 0 Å². The van der Waals surface area contributed by atoms with Crippen molar-refractivity contribution in [2.75, 3.05) is 6.61 Å². The minimum atomic E-state index is 0.0872. The van der Waals surface area contributed by atoms with Gasteiger partial charge >= 0.3 is 0 Å². The third-order valence-electron chi connectivity index (χ3n) is 4.74. The quantitative estimate of drug-likeness (QED) is 0.649. The normalized spacial score (nSPS) is 17.9. The van der Waals surface area contributed by atoms with Crippen LogP contribution in [0.5, 0.6) is 0 Å². The van der Waals surface area contributed by atoms with Crippen molar-refractivity contribution in [2.24, 2.45) is 0 Å². The van der Waals surface area contributed by atoms with Gasteiger partial charge in [0.15, 0.2) is 5.78 Å². The average molecular weight is 319 g/mol. The molecular formula is C21H21NO2. The van der Waals surface area contributed by atoms with Gasteiger partial charge in [-0.15, -0.1) is 0 Å². The van der Waals surface area contributed by atoms with Crippen LogP contribution < -0.4 is 0 Å². The van der Waals surface area contributed by atoms with Gasteiger partial charge in [0.2, 0.25) is 0 Å². The van der Waals surface area contributed by atoms with E-state index in [9.17, 15) is 4.79 Å². The molecule has 0 N–H and O–H groups in total. The molecule has 1 aromatic heterocycles. The number of carbonyl (C=O) groups excluding carboxylic acids is 1. The third kappa shape index (κ3) is 2.87. The van der Waals surface area contributed by atoms with Gasteiger partial charge in [-0.05, 0) is 30.9 Å². The van der Waals surface area contributed by atoms with Crippen LogP contribution in [0, 0.1) is 0 Å². The fraction of sp³-hybridized carbons (Fsp3) is 0.286. The van der Waals surface area contributed by atoms with Gasteiger partial charge in [0.05, 0.1) is 5.52 Å². The summed E-state index contributed by atoms with van der Waals surface area (Å²) in [5, 5.41) is 1.15. The van der Waals surface area contributed by atoms with Gasteiger partial charge in [0, 0.05) is 30.2 Å². The van der Waals surface area contributed by atoms with E-state index in [0.29, 0.717) is 6.42 Å². The Morgan fingerprint density at radius 1 is 1.04 bits per heavy atom. The predicted octanol–water partition coefficient (Wildman–Crippen LogP) is 4.77. The number of para-hydroxylation sites is 1. The minimum Gasteiger partial charge on any atom is -0.358 e. The van der Waals surface area contributed by atoms with Crippen LogP contribution in [0.3, 0.4) is 0 Å². The first-order valence-corrected chi connectivity index (χ1v) is 8.61. The van der Waals surface area contributed by atoms with E-state index >= 15 is 0 Å². The van der Waals surface area contributed by atoms with Crippen molar-refractivity contribution in [1.82, 2.24) is 4.57 Å². The number of nitrogens with zero attached hydrogens (tertiary/aromatic N) is 1. The molecule has 3 heteroatoms. The van der Waals surface area contributed by atoms with Gasteiger partial charge in [-0.3, -0.25) is 4.79 Å². The molecule has 0 spiro atoms. The Morgan fingerprint density at radius 3 is 2.62 bits per heavy atom. The number of carbonyl (C=O) groups is 1. The molecule has 1 atom stereocenters. The molecule has 1 saturated heterocycles. The average Bonchev–Trinajstić information content (AvgIpc) is 3.02. The van der Waals surface area contributed by atoms with Crippen molar-refractivity contribution in [3.63, 3.8) is 0 Å². The lowest BCUT2D eigenvalue weighted by atomic mass is 10.0. The lowest BCUT2D eigenvalue weighted by Gasteiger charge is -2.24. The maximum atomic E-state index is 12.6. The molecule has 1 fully saturated rings. The summed E-state index contributed by atoms with van der Waals surface area (Å²) in [6.07, 6.45) is 5.98. The Kier molecular flexibility index (Phi) is 4.18. The molecule has 3 aromatic rings. The number of hydrogen-bond donors (Lipinski definition) is 0. The van der Waals surface area contributed by atoms with Crippen molar-refractivity contribution in [3.8, 4) is 0 Å². The second-order valence-electron chi connectivity index (χ2n) is 6.37. The number of hydrogen-bond acceptors (Lipinski definition) is 2. The highest BCUT2D eigenvalue weighted by atomic mass is 16.5. The van der Waals surface area contributed by atoms with Crippen LogP contribution in [-0.4, -0.2) is 17.0 Å². The van der Waals surface area contributed by atoms with Crippen LogP contribution in [-0.2, 0) is 11.2 Å². The van der Waals surface area contributed by atoms with Gasteiger partial charge in [0.25, 0.3) is 0 Å². The highest BCUT2D eigenvalue weighted by molar-refractivity contribution is 6.00. The number of ether oxygens (including phenoxy) is 1. The smallest absolute Gasteiger partial charge is 0.167 e. The highest BCUT2D eigenvalue weighted by Gasteiger charge is 2.20. The molecule has 4 rings (SSSR count). The summed E-state index contributed by atoms with van der Waals surface area (Å²) in [7, 11) is 0. The summed E-state index contributed by atoms with van der Waals surface area (Å²) >= 11 is 0. The molecule has 0 saturated carbocycles. The lowest BCUT2D eigenvalue weighted by Crippen LogP contribution is -2.17. The second kappa shape index (κ2) is 6.62. The maximum absolute atomic E-state index is 12.6. The van der Waals surface area contributed by atoms with Crippen molar-refractivity contribution in [1.29, 1.82) is 0 Å². The van der Waals surface area contributed by atoms with Gasteiger partial charge in [-0.25, -0.2) is 0 Å². The van der Waals surface area contributed by atoms with Crippen molar-refractivity contribution in [3.05, 3.63) is 71.9 Å². The molecule has 0 bridgehead atoms. The number of fused-ring (bicyclic) bond motifs is 1. The summed E-state index contributed by atoms with van der Waals surface area (Å²) in [6, 6.07) is 17.8. The summed E-state index contributed by atoms with van der Waals surface area (Å²) in [5.74, 6) is 0.156. The summed E-state index contributed by atoms with van der Waals surface area (Å²) < 4.78 is 8.16. The first kappa shape index (κ1) is 15.2. The molecule has 1 unspecified atom stereocenters. The van der Waals surface area contributed by atoms with Gasteiger partial charge < -0.3 is 9.30 Å². The molecular weight excluding hydrogens is 298 g/mol. The van der Waals surface area contributed by atoms with E-state index < -0.39 is 0 Å². The Morgan fingerprint density at radius 2 is 1.83 bits per heavy atom. The fourth-order valence-corrected chi connectivity index (χ4v) is 3.50. The van der Waals surface area contributed by atoms with Crippen molar-refractivity contribution >= 4 is 16.7 Å². The Balaban J connectivity index is 1.69. The zero-order valence-corrected chi connectivity index (χ0v) is 13.7. The molecule has 1 aliphatic rings. The highest BCUT2D eigenvalue weighted by Crippen LogP contribution is 2.30. The number of ketones is 1. The number of Topliss-reactive ketones (excluding diaryl/α,β-unsaturated/α-hetero) is 1. The van der Waals surface area contributed by atoms with Crippen LogP contribution >= 0.6 is 0 Å². The Hall–Kier alpha value is -2.39. The number of benzene rings is 2. The SMILES string of the molecule is O=C(Cc1cn(C2CCCCO2)c2ccccc12)c1ccccc1. The molecule has 122 valence electrons. The van der Waals surface area contributed by atoms with Crippen LogP contribution in [0.2, 0.25) is 0 Å². The second-order valence-corrected chi connectivity index (χ2v) is 6.37. The maximum Gasteiger partial charge on any atom is 0.167 e. The topological polar surface area (TPSA) is 31.2 Å². The zero-order valence-electron chi connectivity index (χ0n) is 13.7. The Bertz CT molecular complexity index is 845. The Labute approximate surface area is 141 Å². The first-order valence-electron chi connectivity index (χ1n) is 8.61. The first-order chi connectivity index (χ1) is 11.8. The fourth-order valence-electron chi connectivity index (χ4n) is 3.50. The van der Waals surface area contributed by atoms with Crippen LogP contribution in [0.15, 0.2) is 60.8 Å². The van der Waals surface area contributed by atoms with Crippen LogP contribution in [0.25, 0.3) is 10.9 Å². The van der Waals surface area contributed by atoms with E-state index in [-0.39, 0.29) is 12.0 Å². The monoisotopic (exact) mass is 319 g/mol. The summed E-state index contributed by atoms with van der Waals surface area (Å²) in [5.41, 5.74) is 3.00. The molecule has 0 radical (unpaired) electrons. The number of aromatic nitrogens is 1. The predicted molar refractivity (Wildman–Crippen MR) is 95.3 cm³/mol. The van der Waals surface area contributed by atoms with E-state index in [2.05, 4.69) is 22.9 Å². The summed E-state index contributed by atoms with van der Waals surface area (Å²) in [4.78, 5) is 12.6. The van der Waals surface area contributed by atoms with E-state index in [0.717, 1.165) is 41.5 Å². The molecule has 0 aliphatic carbocycles. The molecule has 3 nitrogen and oxygen atoms in total. The lowest BCUT2D eigenvalue weighted by molar-refractivity contribution is -0.0292. The van der Waals surface area contributed by atoms with Crippen molar-refractivity contribution < 1.29 is 9.53 Å². The zero-order chi connectivity index (χ0) is 16.4. The van der Waals surface area contributed by atoms with Crippen LogP contribution in [0.1, 0.15) is 41.4 Å². The van der Waals surface area contributed by atoms with Gasteiger partial charge in [0.1, 0.15) is 6.23 Å². The third-order valence-corrected chi connectivity index (χ3v) is 4.74. The number of rotatable bonds is 4. The molecule has 2 aromatic carbocycles.